The van der Waals surface area contributed by atoms with E-state index in [-0.39, 0.29) is 29.7 Å². The Morgan fingerprint density at radius 3 is 2.43 bits per heavy atom. The molecule has 1 fully saturated rings. The van der Waals surface area contributed by atoms with Gasteiger partial charge in [0.1, 0.15) is 0 Å². The summed E-state index contributed by atoms with van der Waals surface area (Å²) < 4.78 is 28.8. The fourth-order valence-electron chi connectivity index (χ4n) is 4.48. The molecule has 2 aromatic carbocycles. The molecule has 1 atom stereocenters. The van der Waals surface area contributed by atoms with Crippen LogP contribution in [-0.4, -0.2) is 53.7 Å². The zero-order valence-corrected chi connectivity index (χ0v) is 21.1. The molecule has 10 heteroatoms. The molecule has 1 N–H and O–H groups in total. The highest BCUT2D eigenvalue weighted by molar-refractivity contribution is 7.89. The van der Waals surface area contributed by atoms with Crippen LogP contribution in [0.5, 0.6) is 0 Å². The first-order chi connectivity index (χ1) is 16.8. The van der Waals surface area contributed by atoms with Crippen LogP contribution in [0.15, 0.2) is 53.4 Å². The number of carbonyl (C=O) groups excluding carboxylic acids is 2. The molecule has 0 spiro atoms. The predicted molar refractivity (Wildman–Crippen MR) is 136 cm³/mol. The molecule has 0 aliphatic carbocycles. The quantitative estimate of drug-likeness (QED) is 0.487. The van der Waals surface area contributed by atoms with Gasteiger partial charge >= 0.3 is 0 Å². The molecular formula is C25H31N5O4S. The number of anilines is 2. The summed E-state index contributed by atoms with van der Waals surface area (Å²) in [7, 11) is -3.58. The van der Waals surface area contributed by atoms with Gasteiger partial charge in [-0.15, -0.1) is 0 Å². The number of fused-ring (bicyclic) bond motifs is 1. The minimum absolute atomic E-state index is 0.0827. The topological polar surface area (TPSA) is 105 Å². The van der Waals surface area contributed by atoms with Gasteiger partial charge in [0.15, 0.2) is 0 Å². The molecule has 2 heterocycles. The molecular weight excluding hydrogens is 466 g/mol. The van der Waals surface area contributed by atoms with Crippen LogP contribution in [0.4, 0.5) is 11.6 Å². The largest absolute Gasteiger partial charge is 0.312 e. The minimum atomic E-state index is -3.58. The number of hydrogen-bond acceptors (Lipinski definition) is 5. The van der Waals surface area contributed by atoms with Crippen LogP contribution in [0.1, 0.15) is 33.6 Å². The number of rotatable bonds is 9. The van der Waals surface area contributed by atoms with E-state index in [0.717, 1.165) is 17.5 Å². The summed E-state index contributed by atoms with van der Waals surface area (Å²) in [5.74, 6) is -0.479. The zero-order valence-electron chi connectivity index (χ0n) is 20.3. The third-order valence-electron chi connectivity index (χ3n) is 6.32. The van der Waals surface area contributed by atoms with Gasteiger partial charge in [-0.25, -0.2) is 13.4 Å². The number of nitrogens with zero attached hydrogens (tertiary/aromatic N) is 4. The van der Waals surface area contributed by atoms with E-state index in [1.165, 1.54) is 21.3 Å². The Labute approximate surface area is 205 Å². The van der Waals surface area contributed by atoms with Crippen LogP contribution in [0.2, 0.25) is 0 Å². The number of hydrogen-bond donors (Lipinski definition) is 1. The van der Waals surface area contributed by atoms with Crippen molar-refractivity contribution in [2.24, 2.45) is 5.92 Å². The Morgan fingerprint density at radius 2 is 1.77 bits per heavy atom. The van der Waals surface area contributed by atoms with Crippen molar-refractivity contribution in [1.82, 2.24) is 13.9 Å². The third-order valence-corrected chi connectivity index (χ3v) is 8.39. The number of nitrogens with one attached hydrogen (secondary N) is 1. The third kappa shape index (κ3) is 4.81. The maximum atomic E-state index is 13.1. The van der Waals surface area contributed by atoms with Crippen LogP contribution in [0, 0.1) is 5.92 Å². The highest BCUT2D eigenvalue weighted by Gasteiger charge is 2.36. The van der Waals surface area contributed by atoms with Crippen LogP contribution < -0.4 is 10.2 Å². The van der Waals surface area contributed by atoms with E-state index in [4.69, 9.17) is 0 Å². The van der Waals surface area contributed by atoms with E-state index in [1.807, 2.05) is 28.8 Å². The van der Waals surface area contributed by atoms with E-state index in [9.17, 15) is 18.0 Å². The number of para-hydroxylation sites is 2. The lowest BCUT2D eigenvalue weighted by molar-refractivity contribution is -0.122. The molecule has 0 bridgehead atoms. The number of imidazole rings is 1. The number of sulfonamides is 1. The molecule has 1 saturated heterocycles. The van der Waals surface area contributed by atoms with Gasteiger partial charge in [-0.1, -0.05) is 32.9 Å². The highest BCUT2D eigenvalue weighted by Crippen LogP contribution is 2.28. The second-order valence-corrected chi connectivity index (χ2v) is 10.5. The average molecular weight is 498 g/mol. The molecule has 0 saturated carbocycles. The van der Waals surface area contributed by atoms with E-state index >= 15 is 0 Å². The SMILES string of the molecule is CCCn1c(NC(=O)C2CC(=O)N(c3ccc(S(=O)(=O)N(CC)CC)cc3)C2)nc2ccccc21. The fourth-order valence-corrected chi connectivity index (χ4v) is 5.93. The number of amides is 2. The van der Waals surface area contributed by atoms with Gasteiger partial charge in [0, 0.05) is 38.3 Å². The van der Waals surface area contributed by atoms with Crippen molar-refractivity contribution in [1.29, 1.82) is 0 Å². The van der Waals surface area contributed by atoms with E-state index in [0.29, 0.717) is 31.3 Å². The van der Waals surface area contributed by atoms with E-state index in [1.54, 1.807) is 26.0 Å². The molecule has 2 amide bonds. The molecule has 4 rings (SSSR count). The smallest absolute Gasteiger partial charge is 0.243 e. The monoisotopic (exact) mass is 497 g/mol. The van der Waals surface area contributed by atoms with Gasteiger partial charge in [-0.2, -0.15) is 4.31 Å². The van der Waals surface area contributed by atoms with Crippen LogP contribution in [-0.2, 0) is 26.2 Å². The Morgan fingerprint density at radius 1 is 1.09 bits per heavy atom. The van der Waals surface area contributed by atoms with Crippen LogP contribution in [0.3, 0.4) is 0 Å². The van der Waals surface area contributed by atoms with Crippen molar-refractivity contribution in [2.45, 2.75) is 45.1 Å². The van der Waals surface area contributed by atoms with Crippen molar-refractivity contribution in [3.8, 4) is 0 Å². The molecule has 1 aliphatic rings. The lowest BCUT2D eigenvalue weighted by Crippen LogP contribution is -2.31. The Bertz CT molecular complexity index is 1330. The van der Waals surface area contributed by atoms with Gasteiger partial charge in [0.05, 0.1) is 21.8 Å². The molecule has 9 nitrogen and oxygen atoms in total. The second-order valence-electron chi connectivity index (χ2n) is 8.55. The Balaban J connectivity index is 1.49. The number of carbonyl (C=O) groups is 2. The Hall–Kier alpha value is -3.24. The van der Waals surface area contributed by atoms with Gasteiger partial charge in [-0.3, -0.25) is 14.9 Å². The lowest BCUT2D eigenvalue weighted by atomic mass is 10.1. The normalized spacial score (nSPS) is 16.4. The maximum absolute atomic E-state index is 13.1. The average Bonchev–Trinajstić information content (AvgIpc) is 3.40. The van der Waals surface area contributed by atoms with Crippen LogP contribution in [0.25, 0.3) is 11.0 Å². The second kappa shape index (κ2) is 10.2. The van der Waals surface area contributed by atoms with Crippen molar-refractivity contribution in [3.63, 3.8) is 0 Å². The molecule has 186 valence electrons. The van der Waals surface area contributed by atoms with Crippen molar-refractivity contribution in [3.05, 3.63) is 48.5 Å². The highest BCUT2D eigenvalue weighted by atomic mass is 32.2. The molecule has 0 radical (unpaired) electrons. The molecule has 35 heavy (non-hydrogen) atoms. The summed E-state index contributed by atoms with van der Waals surface area (Å²) >= 11 is 0. The van der Waals surface area contributed by atoms with Crippen molar-refractivity contribution >= 4 is 44.5 Å². The van der Waals surface area contributed by atoms with Crippen LogP contribution >= 0.6 is 0 Å². The van der Waals surface area contributed by atoms with Gasteiger partial charge < -0.3 is 9.47 Å². The number of benzene rings is 2. The Kier molecular flexibility index (Phi) is 7.23. The minimum Gasteiger partial charge on any atom is -0.312 e. The fraction of sp³-hybridized carbons (Fsp3) is 0.400. The van der Waals surface area contributed by atoms with Crippen molar-refractivity contribution in [2.75, 3.05) is 29.9 Å². The standard InChI is InChI=1S/C25H31N5O4S/c1-4-15-29-22-10-8-7-9-21(22)26-25(29)27-24(32)18-16-23(31)30(17-18)19-11-13-20(14-12-19)35(33,34)28(5-2)6-3/h7-14,18H,4-6,15-17H2,1-3H3,(H,26,27,32). The summed E-state index contributed by atoms with van der Waals surface area (Å²) in [5.41, 5.74) is 2.33. The van der Waals surface area contributed by atoms with Gasteiger partial charge in [-0.05, 0) is 42.8 Å². The van der Waals surface area contributed by atoms with E-state index in [2.05, 4.69) is 17.2 Å². The predicted octanol–water partition coefficient (Wildman–Crippen LogP) is 3.47. The first-order valence-electron chi connectivity index (χ1n) is 12.0. The summed E-state index contributed by atoms with van der Waals surface area (Å²) in [6.07, 6.45) is 0.970. The molecule has 1 unspecified atom stereocenters. The molecule has 1 aromatic heterocycles. The van der Waals surface area contributed by atoms with Gasteiger partial charge in [0.25, 0.3) is 0 Å². The molecule has 3 aromatic rings. The summed E-state index contributed by atoms with van der Waals surface area (Å²) in [5, 5.41) is 2.92. The zero-order chi connectivity index (χ0) is 25.2. The van der Waals surface area contributed by atoms with Gasteiger partial charge in [0.2, 0.25) is 27.8 Å². The summed E-state index contributed by atoms with van der Waals surface area (Å²) in [6.45, 7) is 7.35. The maximum Gasteiger partial charge on any atom is 0.243 e. The van der Waals surface area contributed by atoms with Crippen molar-refractivity contribution < 1.29 is 18.0 Å². The number of aryl methyl sites for hydroxylation is 1. The molecule has 1 aliphatic heterocycles. The first-order valence-corrected chi connectivity index (χ1v) is 13.4. The number of aromatic nitrogens is 2. The van der Waals surface area contributed by atoms with E-state index < -0.39 is 15.9 Å². The summed E-state index contributed by atoms with van der Waals surface area (Å²) in [6, 6.07) is 14.0. The lowest BCUT2D eigenvalue weighted by Gasteiger charge is -2.20. The summed E-state index contributed by atoms with van der Waals surface area (Å²) in [4.78, 5) is 32.1. The first kappa shape index (κ1) is 24.9.